The summed E-state index contributed by atoms with van der Waals surface area (Å²) >= 11 is 0. The summed E-state index contributed by atoms with van der Waals surface area (Å²) in [6.07, 6.45) is 12.0. The van der Waals surface area contributed by atoms with E-state index in [4.69, 9.17) is 10.1 Å². The Kier molecular flexibility index (Phi) is 12.7. The van der Waals surface area contributed by atoms with Crippen molar-refractivity contribution in [2.45, 2.75) is 91.1 Å². The molecule has 3 nitrogen and oxygen atoms in total. The summed E-state index contributed by atoms with van der Waals surface area (Å²) in [6.45, 7) is 6.28. The number of oxime groups is 1. The summed E-state index contributed by atoms with van der Waals surface area (Å²) in [4.78, 5) is 5.45. The molecule has 0 aromatic carbocycles. The molecule has 0 saturated heterocycles. The first-order valence-corrected chi connectivity index (χ1v) is 7.91. The lowest BCUT2D eigenvalue weighted by atomic mass is 10.1. The molecule has 0 aromatic heterocycles. The summed E-state index contributed by atoms with van der Waals surface area (Å²) in [6, 6.07) is 2.05. The van der Waals surface area contributed by atoms with Crippen molar-refractivity contribution in [3.8, 4) is 6.07 Å². The fraction of sp³-hybridized carbons (Fsp3) is 0.875. The van der Waals surface area contributed by atoms with Gasteiger partial charge in [-0.25, -0.2) is 0 Å². The summed E-state index contributed by atoms with van der Waals surface area (Å²) in [5, 5.41) is 12.7. The van der Waals surface area contributed by atoms with E-state index in [0.717, 1.165) is 12.8 Å². The highest BCUT2D eigenvalue weighted by atomic mass is 16.6. The van der Waals surface area contributed by atoms with Crippen LogP contribution >= 0.6 is 0 Å². The van der Waals surface area contributed by atoms with Crippen molar-refractivity contribution in [3.05, 3.63) is 0 Å². The van der Waals surface area contributed by atoms with Crippen molar-refractivity contribution < 1.29 is 4.84 Å². The zero-order valence-corrected chi connectivity index (χ0v) is 13.0. The Morgan fingerprint density at radius 2 is 1.68 bits per heavy atom. The van der Waals surface area contributed by atoms with Crippen LogP contribution in [0.3, 0.4) is 0 Å². The highest BCUT2D eigenvalue weighted by molar-refractivity contribution is 5.97. The molecule has 0 rings (SSSR count). The first kappa shape index (κ1) is 18.0. The maximum absolute atomic E-state index is 8.77. The van der Waals surface area contributed by atoms with Crippen molar-refractivity contribution in [2.24, 2.45) is 5.16 Å². The van der Waals surface area contributed by atoms with E-state index in [2.05, 4.69) is 25.1 Å². The van der Waals surface area contributed by atoms with Gasteiger partial charge in [0.2, 0.25) is 0 Å². The average Bonchev–Trinajstić information content (AvgIpc) is 2.45. The molecule has 0 aliphatic heterocycles. The monoisotopic (exact) mass is 266 g/mol. The first-order valence-electron chi connectivity index (χ1n) is 7.91. The van der Waals surface area contributed by atoms with Gasteiger partial charge in [-0.3, -0.25) is 0 Å². The van der Waals surface area contributed by atoms with Gasteiger partial charge in [-0.15, -0.1) is 0 Å². The summed E-state index contributed by atoms with van der Waals surface area (Å²) in [7, 11) is 0. The van der Waals surface area contributed by atoms with Gasteiger partial charge in [-0.2, -0.15) is 5.26 Å². The molecule has 0 N–H and O–H groups in total. The fourth-order valence-corrected chi connectivity index (χ4v) is 1.96. The lowest BCUT2D eigenvalue weighted by Gasteiger charge is -2.12. The standard InChI is InChI=1S/C16H30N2O/c1-4-7-8-9-10-11-12-13-16(6-3)19-18-15(5-2)14-17/h16H,4-13H2,1-3H3. The zero-order chi connectivity index (χ0) is 14.3. The Balaban J connectivity index is 3.65. The maximum Gasteiger partial charge on any atom is 0.156 e. The number of nitriles is 1. The second-order valence-electron chi connectivity index (χ2n) is 5.05. The van der Waals surface area contributed by atoms with E-state index < -0.39 is 0 Å². The minimum atomic E-state index is 0.172. The summed E-state index contributed by atoms with van der Waals surface area (Å²) in [5.74, 6) is 0. The first-order chi connectivity index (χ1) is 9.28. The van der Waals surface area contributed by atoms with Crippen molar-refractivity contribution in [1.29, 1.82) is 5.26 Å². The summed E-state index contributed by atoms with van der Waals surface area (Å²) in [5.41, 5.74) is 0.484. The van der Waals surface area contributed by atoms with E-state index >= 15 is 0 Å². The van der Waals surface area contributed by atoms with Gasteiger partial charge in [0.05, 0.1) is 0 Å². The Labute approximate surface area is 119 Å². The smallest absolute Gasteiger partial charge is 0.156 e. The molecule has 0 amide bonds. The van der Waals surface area contributed by atoms with Crippen molar-refractivity contribution in [2.75, 3.05) is 0 Å². The predicted octanol–water partition coefficient (Wildman–Crippen LogP) is 5.21. The number of hydrogen-bond donors (Lipinski definition) is 0. The Morgan fingerprint density at radius 1 is 1.05 bits per heavy atom. The minimum Gasteiger partial charge on any atom is -0.392 e. The molecule has 0 aromatic rings. The van der Waals surface area contributed by atoms with Gasteiger partial charge < -0.3 is 4.84 Å². The van der Waals surface area contributed by atoms with Crippen LogP contribution in [0.2, 0.25) is 0 Å². The Hall–Kier alpha value is -1.04. The molecule has 0 aliphatic rings. The van der Waals surface area contributed by atoms with Gasteiger partial charge in [0.25, 0.3) is 0 Å². The zero-order valence-electron chi connectivity index (χ0n) is 13.0. The van der Waals surface area contributed by atoms with Crippen LogP contribution < -0.4 is 0 Å². The summed E-state index contributed by atoms with van der Waals surface area (Å²) < 4.78 is 0. The number of rotatable bonds is 12. The fourth-order valence-electron chi connectivity index (χ4n) is 1.96. The molecular weight excluding hydrogens is 236 g/mol. The van der Waals surface area contributed by atoms with E-state index in [9.17, 15) is 0 Å². The SMILES string of the molecule is CCCCCCCCCC(CC)ON=C(C#N)CC. The molecule has 0 radical (unpaired) electrons. The van der Waals surface area contributed by atoms with Crippen LogP contribution in [0.4, 0.5) is 0 Å². The molecule has 1 atom stereocenters. The minimum absolute atomic E-state index is 0.172. The predicted molar refractivity (Wildman–Crippen MR) is 81.1 cm³/mol. The highest BCUT2D eigenvalue weighted by Gasteiger charge is 2.07. The molecule has 0 spiro atoms. The molecule has 0 fully saturated rings. The van der Waals surface area contributed by atoms with Gasteiger partial charge in [0.1, 0.15) is 12.2 Å². The van der Waals surface area contributed by atoms with Crippen LogP contribution in [0.5, 0.6) is 0 Å². The van der Waals surface area contributed by atoms with Crippen LogP contribution in [0.25, 0.3) is 0 Å². The van der Waals surface area contributed by atoms with Gasteiger partial charge in [0, 0.05) is 6.42 Å². The average molecular weight is 266 g/mol. The molecule has 19 heavy (non-hydrogen) atoms. The Morgan fingerprint density at radius 3 is 2.21 bits per heavy atom. The van der Waals surface area contributed by atoms with Crippen molar-refractivity contribution in [1.82, 2.24) is 0 Å². The van der Waals surface area contributed by atoms with E-state index in [1.165, 1.54) is 44.9 Å². The second-order valence-corrected chi connectivity index (χ2v) is 5.05. The van der Waals surface area contributed by atoms with Crippen LogP contribution in [0, 0.1) is 11.3 Å². The largest absolute Gasteiger partial charge is 0.392 e. The number of hydrogen-bond acceptors (Lipinski definition) is 3. The third-order valence-electron chi connectivity index (χ3n) is 3.36. The van der Waals surface area contributed by atoms with E-state index in [0.29, 0.717) is 12.1 Å². The third kappa shape index (κ3) is 10.6. The second kappa shape index (κ2) is 13.4. The number of unbranched alkanes of at least 4 members (excludes halogenated alkanes) is 6. The van der Waals surface area contributed by atoms with Crippen LogP contribution in [0.1, 0.15) is 85.0 Å². The topological polar surface area (TPSA) is 45.4 Å². The van der Waals surface area contributed by atoms with Gasteiger partial charge in [-0.05, 0) is 19.3 Å². The highest BCUT2D eigenvalue weighted by Crippen LogP contribution is 2.13. The van der Waals surface area contributed by atoms with Gasteiger partial charge in [0.15, 0.2) is 5.71 Å². The quantitative estimate of drug-likeness (QED) is 0.276. The third-order valence-corrected chi connectivity index (χ3v) is 3.36. The number of nitrogens with zero attached hydrogens (tertiary/aromatic N) is 2. The molecule has 0 heterocycles. The molecule has 0 saturated carbocycles. The molecule has 0 bridgehead atoms. The van der Waals surface area contributed by atoms with E-state index in [1.807, 2.05) is 6.92 Å². The van der Waals surface area contributed by atoms with Gasteiger partial charge in [-0.1, -0.05) is 64.5 Å². The van der Waals surface area contributed by atoms with Crippen molar-refractivity contribution >= 4 is 5.71 Å². The molecule has 3 heteroatoms. The van der Waals surface area contributed by atoms with E-state index in [1.54, 1.807) is 0 Å². The molecular formula is C16H30N2O. The van der Waals surface area contributed by atoms with Crippen LogP contribution in [0.15, 0.2) is 5.16 Å². The normalized spacial score (nSPS) is 13.1. The molecule has 0 aliphatic carbocycles. The lowest BCUT2D eigenvalue weighted by molar-refractivity contribution is 0.0483. The molecule has 1 unspecified atom stereocenters. The van der Waals surface area contributed by atoms with Crippen molar-refractivity contribution in [3.63, 3.8) is 0 Å². The molecule has 110 valence electrons. The maximum atomic E-state index is 8.77. The van der Waals surface area contributed by atoms with Crippen LogP contribution in [-0.2, 0) is 4.84 Å². The van der Waals surface area contributed by atoms with Crippen LogP contribution in [-0.4, -0.2) is 11.8 Å². The Bertz CT molecular complexity index is 268. The van der Waals surface area contributed by atoms with Gasteiger partial charge >= 0.3 is 0 Å². The lowest BCUT2D eigenvalue weighted by Crippen LogP contribution is -2.09. The van der Waals surface area contributed by atoms with E-state index in [-0.39, 0.29) is 6.10 Å².